The Labute approximate surface area is 95.2 Å². The normalized spacial score (nSPS) is 11.3. The van der Waals surface area contributed by atoms with Crippen molar-refractivity contribution in [2.24, 2.45) is 0 Å². The molecule has 0 spiro atoms. The second-order valence-electron chi connectivity index (χ2n) is 2.73. The van der Waals surface area contributed by atoms with Gasteiger partial charge in [-0.2, -0.15) is 0 Å². The standard InChI is InChI=1S/C7H5Cl2NO4S/c8-6-3-5(4-15(9,13)14)1-2-7(6)10(11)12/h1-3H,4H2. The molecule has 0 amide bonds. The summed E-state index contributed by atoms with van der Waals surface area (Å²) in [7, 11) is 1.33. The van der Waals surface area contributed by atoms with Gasteiger partial charge in [0.25, 0.3) is 5.69 Å². The highest BCUT2D eigenvalue weighted by atomic mass is 35.7. The van der Waals surface area contributed by atoms with Crippen molar-refractivity contribution in [3.05, 3.63) is 38.9 Å². The van der Waals surface area contributed by atoms with Crippen LogP contribution in [-0.4, -0.2) is 13.3 Å². The number of hydrogen-bond donors (Lipinski definition) is 0. The Morgan fingerprint density at radius 1 is 1.40 bits per heavy atom. The number of hydrogen-bond acceptors (Lipinski definition) is 4. The molecule has 0 radical (unpaired) electrons. The Bertz CT molecular complexity index is 500. The second kappa shape index (κ2) is 4.34. The molecule has 0 bridgehead atoms. The van der Waals surface area contributed by atoms with Crippen molar-refractivity contribution in [3.63, 3.8) is 0 Å². The number of nitro groups is 1. The van der Waals surface area contributed by atoms with E-state index in [2.05, 4.69) is 0 Å². The Morgan fingerprint density at radius 2 is 2.00 bits per heavy atom. The highest BCUT2D eigenvalue weighted by Gasteiger charge is 2.14. The minimum absolute atomic E-state index is 0.113. The molecule has 8 heteroatoms. The molecule has 82 valence electrons. The fourth-order valence-electron chi connectivity index (χ4n) is 0.987. The number of nitro benzene ring substituents is 1. The summed E-state index contributed by atoms with van der Waals surface area (Å²) in [6.07, 6.45) is 0. The lowest BCUT2D eigenvalue weighted by molar-refractivity contribution is -0.384. The van der Waals surface area contributed by atoms with E-state index < -0.39 is 19.7 Å². The van der Waals surface area contributed by atoms with Crippen molar-refractivity contribution in [1.82, 2.24) is 0 Å². The first kappa shape index (κ1) is 12.2. The number of nitrogens with zero attached hydrogens (tertiary/aromatic N) is 1. The molecule has 0 aromatic heterocycles. The molecule has 0 atom stereocenters. The predicted octanol–water partition coefficient (Wildman–Crippen LogP) is 2.32. The third-order valence-corrected chi connectivity index (χ3v) is 2.86. The third kappa shape index (κ3) is 3.65. The molecule has 5 nitrogen and oxygen atoms in total. The highest BCUT2D eigenvalue weighted by Crippen LogP contribution is 2.26. The summed E-state index contributed by atoms with van der Waals surface area (Å²) in [6, 6.07) is 3.64. The molecule has 0 aliphatic rings. The van der Waals surface area contributed by atoms with Crippen LogP contribution in [-0.2, 0) is 14.8 Å². The Hall–Kier alpha value is -0.850. The Morgan fingerprint density at radius 3 is 2.40 bits per heavy atom. The molecule has 0 saturated heterocycles. The molecule has 0 fully saturated rings. The number of halogens is 2. The van der Waals surface area contributed by atoms with Crippen molar-refractivity contribution < 1.29 is 13.3 Å². The molecule has 0 N–H and O–H groups in total. The van der Waals surface area contributed by atoms with E-state index in [-0.39, 0.29) is 10.7 Å². The molecule has 0 aliphatic heterocycles. The van der Waals surface area contributed by atoms with Gasteiger partial charge in [-0.15, -0.1) is 0 Å². The van der Waals surface area contributed by atoms with Crippen LogP contribution in [0.2, 0.25) is 5.02 Å². The maximum absolute atomic E-state index is 10.7. The van der Waals surface area contributed by atoms with Crippen LogP contribution < -0.4 is 0 Å². The first-order chi connectivity index (χ1) is 6.79. The molecule has 0 aliphatic carbocycles. The van der Waals surface area contributed by atoms with E-state index in [1.54, 1.807) is 0 Å². The summed E-state index contributed by atoms with van der Waals surface area (Å²) >= 11 is 5.57. The monoisotopic (exact) mass is 269 g/mol. The molecule has 1 aromatic rings. The summed E-state index contributed by atoms with van der Waals surface area (Å²) in [6.45, 7) is 0. The minimum Gasteiger partial charge on any atom is -0.258 e. The molecular weight excluding hydrogens is 265 g/mol. The SMILES string of the molecule is O=[N+]([O-])c1ccc(CS(=O)(=O)Cl)cc1Cl. The molecule has 0 unspecified atom stereocenters. The third-order valence-electron chi connectivity index (χ3n) is 1.55. The van der Waals surface area contributed by atoms with Gasteiger partial charge in [0.15, 0.2) is 0 Å². The first-order valence-corrected chi connectivity index (χ1v) is 6.50. The van der Waals surface area contributed by atoms with E-state index in [9.17, 15) is 18.5 Å². The van der Waals surface area contributed by atoms with Crippen molar-refractivity contribution in [2.75, 3.05) is 0 Å². The summed E-state index contributed by atoms with van der Waals surface area (Å²) in [5.74, 6) is -0.410. The van der Waals surface area contributed by atoms with Crippen molar-refractivity contribution in [1.29, 1.82) is 0 Å². The van der Waals surface area contributed by atoms with Crippen molar-refractivity contribution >= 4 is 37.0 Å². The van der Waals surface area contributed by atoms with Gasteiger partial charge in [-0.05, 0) is 11.6 Å². The molecule has 15 heavy (non-hydrogen) atoms. The van der Waals surface area contributed by atoms with Crippen LogP contribution in [0.4, 0.5) is 5.69 Å². The molecule has 1 aromatic carbocycles. The van der Waals surface area contributed by atoms with Gasteiger partial charge in [0.2, 0.25) is 9.05 Å². The lowest BCUT2D eigenvalue weighted by Crippen LogP contribution is -1.96. The van der Waals surface area contributed by atoms with Gasteiger partial charge in [0.1, 0.15) is 5.02 Å². The topological polar surface area (TPSA) is 77.3 Å². The van der Waals surface area contributed by atoms with Crippen LogP contribution in [0, 0.1) is 10.1 Å². The zero-order valence-corrected chi connectivity index (χ0v) is 9.51. The number of benzene rings is 1. The quantitative estimate of drug-likeness (QED) is 0.479. The van der Waals surface area contributed by atoms with Gasteiger partial charge in [-0.3, -0.25) is 10.1 Å². The average Bonchev–Trinajstić information content (AvgIpc) is 1.99. The lowest BCUT2D eigenvalue weighted by Gasteiger charge is -1.99. The molecular formula is C7H5Cl2NO4S. The van der Waals surface area contributed by atoms with E-state index >= 15 is 0 Å². The average molecular weight is 270 g/mol. The van der Waals surface area contributed by atoms with Crippen LogP contribution >= 0.6 is 22.3 Å². The van der Waals surface area contributed by atoms with Gasteiger partial charge >= 0.3 is 0 Å². The highest BCUT2D eigenvalue weighted by molar-refractivity contribution is 8.13. The van der Waals surface area contributed by atoms with Gasteiger partial charge in [-0.25, -0.2) is 8.42 Å². The lowest BCUT2D eigenvalue weighted by atomic mass is 10.2. The van der Waals surface area contributed by atoms with Crippen molar-refractivity contribution in [3.8, 4) is 0 Å². The fourth-order valence-corrected chi connectivity index (χ4v) is 2.22. The molecule has 0 saturated carbocycles. The van der Waals surface area contributed by atoms with Crippen molar-refractivity contribution in [2.45, 2.75) is 5.75 Å². The fraction of sp³-hybridized carbons (Fsp3) is 0.143. The van der Waals surface area contributed by atoms with Crippen LogP contribution in [0.1, 0.15) is 5.56 Å². The van der Waals surface area contributed by atoms with Gasteiger partial charge in [-0.1, -0.05) is 17.7 Å². The maximum Gasteiger partial charge on any atom is 0.287 e. The van der Waals surface area contributed by atoms with E-state index in [4.69, 9.17) is 22.3 Å². The summed E-state index contributed by atoms with van der Waals surface area (Å²) in [5, 5.41) is 10.3. The smallest absolute Gasteiger partial charge is 0.258 e. The number of rotatable bonds is 3. The van der Waals surface area contributed by atoms with E-state index in [1.165, 1.54) is 12.1 Å². The van der Waals surface area contributed by atoms with Gasteiger partial charge in [0.05, 0.1) is 10.7 Å². The van der Waals surface area contributed by atoms with E-state index in [0.717, 1.165) is 6.07 Å². The first-order valence-electron chi connectivity index (χ1n) is 3.65. The summed E-state index contributed by atoms with van der Waals surface area (Å²) < 4.78 is 21.4. The van der Waals surface area contributed by atoms with Gasteiger partial charge in [0, 0.05) is 16.7 Å². The largest absolute Gasteiger partial charge is 0.287 e. The minimum atomic E-state index is -3.68. The van der Waals surface area contributed by atoms with Crippen LogP contribution in [0.15, 0.2) is 18.2 Å². The maximum atomic E-state index is 10.7. The van der Waals surface area contributed by atoms with E-state index in [1.807, 2.05) is 0 Å². The Balaban J connectivity index is 3.07. The van der Waals surface area contributed by atoms with Gasteiger partial charge < -0.3 is 0 Å². The zero-order chi connectivity index (χ0) is 11.6. The second-order valence-corrected chi connectivity index (χ2v) is 5.91. The zero-order valence-electron chi connectivity index (χ0n) is 7.18. The predicted molar refractivity (Wildman–Crippen MR) is 56.6 cm³/mol. The van der Waals surface area contributed by atoms with E-state index in [0.29, 0.717) is 5.56 Å². The molecule has 0 heterocycles. The summed E-state index contributed by atoms with van der Waals surface area (Å²) in [4.78, 5) is 9.74. The van der Waals surface area contributed by atoms with Crippen LogP contribution in [0.25, 0.3) is 0 Å². The van der Waals surface area contributed by atoms with Crippen LogP contribution in [0.3, 0.4) is 0 Å². The summed E-state index contributed by atoms with van der Waals surface area (Å²) in [5.41, 5.74) is 0.0352. The van der Waals surface area contributed by atoms with Crippen LogP contribution in [0.5, 0.6) is 0 Å². The Kier molecular flexibility index (Phi) is 3.54. The molecule has 1 rings (SSSR count).